The molecule has 2 aromatic heterocycles. The van der Waals surface area contributed by atoms with Gasteiger partial charge in [-0.25, -0.2) is 19.6 Å². The Morgan fingerprint density at radius 1 is 0.477 bits per heavy atom. The first kappa shape index (κ1) is 92.7. The van der Waals surface area contributed by atoms with Crippen LogP contribution in [0, 0.1) is 0 Å². The number of carbonyl (C=O) groups excluding carboxylic acids is 10. The normalized spacial score (nSPS) is 17.2. The summed E-state index contributed by atoms with van der Waals surface area (Å²) in [6, 6.07) is -17.9. The molecule has 0 saturated heterocycles. The molecule has 9 amide bonds. The number of carboxylic acids is 4. The van der Waals surface area contributed by atoms with E-state index in [0.717, 1.165) is 0 Å². The number of nitrogens with two attached hydrogens (primary N) is 1. The molecule has 21 atom stereocenters. The van der Waals surface area contributed by atoms with Crippen molar-refractivity contribution in [2.45, 2.75) is 166 Å². The van der Waals surface area contributed by atoms with Crippen LogP contribution in [-0.2, 0) is 68.9 Å². The number of nitrogens with one attached hydrogen (secondary N) is 11. The van der Waals surface area contributed by atoms with Gasteiger partial charge in [-0.2, -0.15) is 17.6 Å². The summed E-state index contributed by atoms with van der Waals surface area (Å²) in [4.78, 5) is 212. The largest absolute Gasteiger partial charge is 0.481 e. The van der Waals surface area contributed by atoms with Gasteiger partial charge in [-0.15, -0.1) is 0 Å². The SMILES string of the molecule is Nc1nc2ncc(CNc3ccc(C(=O)N[C@@H](CCC(=O)N[C@H](C(=O)N[C@@H](CC(=O)O)C(=O)N[C@H](C(=O)NC(CC=O)C(=O)N[C@H](C(=O)N[C@@H](CC(=O)O)C(=O)N[C@H](C(=O)N[C@@H](CS)C(=O)O)[C@@H](O)[C@H](O)[C@H](O)CO)[C@@H](O)[C@H](O)[C@H](O)CO)[C@@H](O)[C@H](O)[C@H](O)CO)[C@@H](O)[C@H](O)[C@H](O)CO)C(=O)O)cc3)nc2c(=O)[nH]1. The number of H-pyrrole nitrogens is 1. The number of rotatable bonds is 48. The third-order valence-electron chi connectivity index (χ3n) is 15.6. The van der Waals surface area contributed by atoms with E-state index in [9.17, 15) is 174 Å². The minimum absolute atomic E-state index is 0.0124. The zero-order valence-corrected chi connectivity index (χ0v) is 57.2. The molecule has 1 unspecified atom stereocenters. The number of benzene rings is 1. The number of aliphatic carboxylic acids is 4. The second kappa shape index (κ2) is 44.1. The molecule has 50 nitrogen and oxygen atoms in total. The molecule has 0 radical (unpaired) electrons. The van der Waals surface area contributed by atoms with Gasteiger partial charge in [0.1, 0.15) is 134 Å². The lowest BCUT2D eigenvalue weighted by molar-refractivity contribution is -0.147. The fourth-order valence-corrected chi connectivity index (χ4v) is 9.70. The van der Waals surface area contributed by atoms with Crippen LogP contribution < -0.4 is 64.5 Å². The predicted octanol–water partition coefficient (Wildman–Crippen LogP) is -17.4. The van der Waals surface area contributed by atoms with Crippen molar-refractivity contribution in [3.8, 4) is 0 Å². The van der Waals surface area contributed by atoms with Gasteiger partial charge in [-0.05, 0) is 30.7 Å². The highest BCUT2D eigenvalue weighted by Gasteiger charge is 2.46. The number of aromatic nitrogens is 4. The van der Waals surface area contributed by atoms with Gasteiger partial charge < -0.3 is 166 Å². The van der Waals surface area contributed by atoms with Gasteiger partial charge in [-0.3, -0.25) is 62.5 Å². The van der Waals surface area contributed by atoms with Crippen LogP contribution in [0.1, 0.15) is 48.2 Å². The number of amides is 9. The zero-order valence-electron chi connectivity index (χ0n) is 56.3. The summed E-state index contributed by atoms with van der Waals surface area (Å²) in [5, 5.41) is 224. The third-order valence-corrected chi connectivity index (χ3v) is 16.0. The predicted molar refractivity (Wildman–Crippen MR) is 357 cm³/mol. The molecule has 0 saturated carbocycles. The first-order valence-electron chi connectivity index (χ1n) is 31.7. The quantitative estimate of drug-likeness (QED) is 0.0184. The highest BCUT2D eigenvalue weighted by atomic mass is 32.1. The van der Waals surface area contributed by atoms with Crippen LogP contribution in [0.25, 0.3) is 11.2 Å². The van der Waals surface area contributed by atoms with E-state index in [1.807, 2.05) is 5.32 Å². The number of aliphatic hydroxyl groups is 16. The molecule has 51 heteroatoms. The first-order chi connectivity index (χ1) is 51.1. The van der Waals surface area contributed by atoms with Crippen LogP contribution in [0.15, 0.2) is 35.3 Å². The Bertz CT molecular complexity index is 3740. The number of hydrogen-bond acceptors (Lipinski definition) is 37. The van der Waals surface area contributed by atoms with Crippen LogP contribution in [0.3, 0.4) is 0 Å². The number of fused-ring (bicyclic) bond motifs is 1. The van der Waals surface area contributed by atoms with Crippen molar-refractivity contribution < 1.29 is 169 Å². The Hall–Kier alpha value is -10.5. The van der Waals surface area contributed by atoms with E-state index in [2.05, 4.69) is 43.2 Å². The number of aromatic amines is 1. The van der Waals surface area contributed by atoms with Crippen LogP contribution in [-0.4, -0.2) is 365 Å². The summed E-state index contributed by atoms with van der Waals surface area (Å²) >= 11 is 3.73. The zero-order chi connectivity index (χ0) is 82.6. The average Bonchev–Trinajstić information content (AvgIpc) is 0.862. The van der Waals surface area contributed by atoms with Crippen molar-refractivity contribution in [2.24, 2.45) is 0 Å². The summed E-state index contributed by atoms with van der Waals surface area (Å²) in [6.45, 7) is -5.68. The summed E-state index contributed by atoms with van der Waals surface area (Å²) < 4.78 is 0. The Balaban J connectivity index is 1.99. The first-order valence-corrected chi connectivity index (χ1v) is 32.4. The Kier molecular flexibility index (Phi) is 37.5. The fourth-order valence-electron chi connectivity index (χ4n) is 9.45. The van der Waals surface area contributed by atoms with Crippen molar-refractivity contribution >= 4 is 119 Å². The van der Waals surface area contributed by atoms with Gasteiger partial charge in [0.15, 0.2) is 11.2 Å². The third kappa shape index (κ3) is 27.6. The van der Waals surface area contributed by atoms with Crippen molar-refractivity contribution in [1.82, 2.24) is 67.8 Å². The molecule has 0 spiro atoms. The van der Waals surface area contributed by atoms with Crippen LogP contribution >= 0.6 is 12.6 Å². The van der Waals surface area contributed by atoms with Crippen LogP contribution in [0.4, 0.5) is 11.6 Å². The topological polar surface area (TPSA) is 861 Å². The molecule has 3 rings (SSSR count). The second-order valence-electron chi connectivity index (χ2n) is 23.6. The molecule has 1 aromatic carbocycles. The van der Waals surface area contributed by atoms with Crippen molar-refractivity contribution in [3.63, 3.8) is 0 Å². The monoisotopic (exact) mass is 1580 g/mol. The standard InChI is InChI=1S/C58H83N15O35S/c59-58-72-46-37(55(104)73-58)62-20(12-61-46)11-60-19-3-1-18(2-4-19)47(96)64-22(56(105)106)5-6-30(83)68-33(42(92)38(88)26(79)13-75)51(100)65-23(9-31(84)85)49(98)70-34(43(93)39(89)27(80)14-76)52(101)63-21(7-8-74)48(97)69-35(44(94)40(90)28(81)15-77)53(102)66-24(10-32(86)87)50(99)71-36(45(95)41(91)29(82)16-78)54(103)67-25(17-109)57(107)108/h1-4,8,12,21-29,33-36,38-45,60,75-82,88-95,109H,5-7,9-11,13-17H2,(H,63,101)(H,64,96)(H,65,100)(H,66,102)(H,67,103)(H,68,83)(H,69,97)(H,70,98)(H,71,99)(H,84,85)(H,86,87)(H,105,106)(H,107,108)(H3,59,61,72,73,104)/t21?,22-,23-,24-,25-,26+,27+,28+,29+,33-,34-,35-,36-,38+,39+,40+,41+,42+,43+,44+,45+/m0/s1. The molecule has 33 N–H and O–H groups in total. The molecule has 2 heterocycles. The van der Waals surface area contributed by atoms with Crippen molar-refractivity contribution in [2.75, 3.05) is 43.2 Å². The molecule has 0 aliphatic rings. The molecule has 606 valence electrons. The van der Waals surface area contributed by atoms with Gasteiger partial charge in [0.25, 0.3) is 11.5 Å². The molecule has 109 heavy (non-hydrogen) atoms. The molecular weight excluding hydrogens is 1500 g/mol. The number of nitrogen functional groups attached to an aromatic ring is 1. The smallest absolute Gasteiger partial charge is 0.327 e. The number of thiol groups is 1. The highest BCUT2D eigenvalue weighted by Crippen LogP contribution is 2.17. The van der Waals surface area contributed by atoms with E-state index >= 15 is 0 Å². The average molecular weight is 1580 g/mol. The second-order valence-corrected chi connectivity index (χ2v) is 24.0. The number of carboxylic acid groups (broad SMARTS) is 4. The highest BCUT2D eigenvalue weighted by molar-refractivity contribution is 7.80. The number of aliphatic hydroxyl groups excluding tert-OH is 16. The Labute approximate surface area is 615 Å². The summed E-state index contributed by atoms with van der Waals surface area (Å²) in [7, 11) is 0. The van der Waals surface area contributed by atoms with Crippen molar-refractivity contribution in [3.05, 3.63) is 52.1 Å². The molecule has 0 fully saturated rings. The molecular formula is C58H83N15O35S. The van der Waals surface area contributed by atoms with E-state index in [1.165, 1.54) is 30.5 Å². The van der Waals surface area contributed by atoms with E-state index in [1.54, 1.807) is 37.2 Å². The number of aldehydes is 1. The number of anilines is 2. The van der Waals surface area contributed by atoms with Gasteiger partial charge in [-0.1, -0.05) is 0 Å². The lowest BCUT2D eigenvalue weighted by Gasteiger charge is -2.33. The maximum absolute atomic E-state index is 14.3. The summed E-state index contributed by atoms with van der Waals surface area (Å²) in [5.74, 6) is -24.6. The minimum Gasteiger partial charge on any atom is -0.481 e. The lowest BCUT2D eigenvalue weighted by atomic mass is 9.97. The van der Waals surface area contributed by atoms with Crippen molar-refractivity contribution in [1.29, 1.82) is 0 Å². The van der Waals surface area contributed by atoms with E-state index < -0.39 is 275 Å². The summed E-state index contributed by atoms with van der Waals surface area (Å²) in [5.41, 5.74) is 5.22. The van der Waals surface area contributed by atoms with Gasteiger partial charge in [0.2, 0.25) is 53.2 Å². The van der Waals surface area contributed by atoms with E-state index in [4.69, 9.17) is 5.73 Å². The lowest BCUT2D eigenvalue weighted by Crippen LogP contribution is -2.66. The molecule has 0 aliphatic carbocycles. The van der Waals surface area contributed by atoms with Crippen LogP contribution in [0.5, 0.6) is 0 Å². The van der Waals surface area contributed by atoms with Gasteiger partial charge >= 0.3 is 23.9 Å². The number of hydrogen-bond donors (Lipinski definition) is 33. The molecule has 3 aromatic rings. The van der Waals surface area contributed by atoms with E-state index in [0.29, 0.717) is 5.69 Å². The Morgan fingerprint density at radius 3 is 1.22 bits per heavy atom. The number of nitrogens with zero attached hydrogens (tertiary/aromatic N) is 3. The van der Waals surface area contributed by atoms with Gasteiger partial charge in [0.05, 0.1) is 57.7 Å². The maximum atomic E-state index is 14.3. The van der Waals surface area contributed by atoms with Gasteiger partial charge in [0, 0.05) is 29.8 Å². The van der Waals surface area contributed by atoms with Crippen LogP contribution in [0.2, 0.25) is 0 Å². The molecule has 0 aliphatic heterocycles. The minimum atomic E-state index is -3.01. The maximum Gasteiger partial charge on any atom is 0.327 e. The summed E-state index contributed by atoms with van der Waals surface area (Å²) in [6.07, 6.45) is -37.5. The number of carbonyl (C=O) groups is 14. The molecule has 0 bridgehead atoms. The Morgan fingerprint density at radius 2 is 0.853 bits per heavy atom. The van der Waals surface area contributed by atoms with E-state index in [-0.39, 0.29) is 41.2 Å². The fraction of sp³-hybridized carbons (Fsp3) is 0.552.